The van der Waals surface area contributed by atoms with E-state index in [1.54, 1.807) is 12.5 Å². The third-order valence-electron chi connectivity index (χ3n) is 6.79. The van der Waals surface area contributed by atoms with Crippen molar-refractivity contribution in [3.63, 3.8) is 0 Å². The lowest BCUT2D eigenvalue weighted by molar-refractivity contribution is -0.165. The molecule has 1 unspecified atom stereocenters. The monoisotopic (exact) mass is 407 g/mol. The third kappa shape index (κ3) is 2.99. The van der Waals surface area contributed by atoms with Gasteiger partial charge in [0.2, 0.25) is 0 Å². The Morgan fingerprint density at radius 1 is 1.18 bits per heavy atom. The van der Waals surface area contributed by atoms with E-state index < -0.39 is 22.8 Å². The fraction of sp³-hybridized carbons (Fsp3) is 0.714. The highest BCUT2D eigenvalue weighted by Crippen LogP contribution is 2.51. The van der Waals surface area contributed by atoms with Crippen molar-refractivity contribution in [2.45, 2.75) is 76.6 Å². The molecule has 3 saturated carbocycles. The standard InChI is InChI=1S/C21H29NO5S/c1-19(2)15-13(11-28-16(15)20(3,4)27-19)18(24)26-22-17(23)14-10-12-6-8-21(14,25-5)9-7-12/h11-12,14H,6-10H2,1-5H3,(H,22,23). The second-order valence-corrected chi connectivity index (χ2v) is 10.2. The SMILES string of the molecule is COC12CCC(CC1)CC2C(=O)NOC(=O)c1csc2c1C(C)(C)OC2(C)C. The summed E-state index contributed by atoms with van der Waals surface area (Å²) in [6.45, 7) is 7.89. The molecule has 2 bridgehead atoms. The van der Waals surface area contributed by atoms with E-state index in [0.717, 1.165) is 42.5 Å². The van der Waals surface area contributed by atoms with Crippen LogP contribution >= 0.6 is 11.3 Å². The molecule has 4 aliphatic rings. The average molecular weight is 408 g/mol. The highest BCUT2D eigenvalue weighted by atomic mass is 32.1. The summed E-state index contributed by atoms with van der Waals surface area (Å²) in [5.74, 6) is -0.525. The fourth-order valence-electron chi connectivity index (χ4n) is 5.50. The molecule has 154 valence electrons. The molecule has 1 amide bonds. The van der Waals surface area contributed by atoms with Gasteiger partial charge in [0.15, 0.2) is 0 Å². The smallest absolute Gasteiger partial charge is 0.364 e. The molecule has 0 spiro atoms. The van der Waals surface area contributed by atoms with Crippen LogP contribution in [0.3, 0.4) is 0 Å². The lowest BCUT2D eigenvalue weighted by atomic mass is 9.61. The summed E-state index contributed by atoms with van der Waals surface area (Å²) in [6, 6.07) is 0. The minimum absolute atomic E-state index is 0.262. The molecule has 7 heteroatoms. The first-order chi connectivity index (χ1) is 13.1. The molecule has 6 nitrogen and oxygen atoms in total. The molecule has 0 aromatic carbocycles. The molecular weight excluding hydrogens is 378 g/mol. The van der Waals surface area contributed by atoms with Gasteiger partial charge in [-0.15, -0.1) is 11.3 Å². The van der Waals surface area contributed by atoms with E-state index in [4.69, 9.17) is 14.3 Å². The van der Waals surface area contributed by atoms with Gasteiger partial charge in [0, 0.05) is 22.9 Å². The van der Waals surface area contributed by atoms with Gasteiger partial charge in [-0.05, 0) is 65.7 Å². The lowest BCUT2D eigenvalue weighted by Gasteiger charge is -2.50. The van der Waals surface area contributed by atoms with Crippen LogP contribution in [0.15, 0.2) is 5.38 Å². The maximum absolute atomic E-state index is 12.8. The molecule has 1 atom stereocenters. The van der Waals surface area contributed by atoms with Crippen LogP contribution in [-0.2, 0) is 30.3 Å². The van der Waals surface area contributed by atoms with E-state index >= 15 is 0 Å². The number of amides is 1. The number of ether oxygens (including phenoxy) is 2. The van der Waals surface area contributed by atoms with Crippen molar-refractivity contribution in [2.24, 2.45) is 11.8 Å². The summed E-state index contributed by atoms with van der Waals surface area (Å²) in [5.41, 5.74) is 2.28. The summed E-state index contributed by atoms with van der Waals surface area (Å²) >= 11 is 1.49. The van der Waals surface area contributed by atoms with Gasteiger partial charge in [0.1, 0.15) is 0 Å². The zero-order valence-electron chi connectivity index (χ0n) is 17.2. The van der Waals surface area contributed by atoms with Crippen molar-refractivity contribution in [1.82, 2.24) is 5.48 Å². The first-order valence-electron chi connectivity index (χ1n) is 9.98. The van der Waals surface area contributed by atoms with E-state index in [1.165, 1.54) is 11.3 Å². The Bertz CT molecular complexity index is 804. The number of nitrogens with one attached hydrogen (secondary N) is 1. The molecule has 2 heterocycles. The van der Waals surface area contributed by atoms with E-state index in [9.17, 15) is 9.59 Å². The van der Waals surface area contributed by atoms with Crippen LogP contribution < -0.4 is 5.48 Å². The van der Waals surface area contributed by atoms with Gasteiger partial charge in [-0.25, -0.2) is 4.79 Å². The van der Waals surface area contributed by atoms with E-state index in [2.05, 4.69) is 5.48 Å². The van der Waals surface area contributed by atoms with Crippen LogP contribution in [0.25, 0.3) is 0 Å². The summed E-state index contributed by atoms with van der Waals surface area (Å²) in [7, 11) is 1.68. The van der Waals surface area contributed by atoms with E-state index in [1.807, 2.05) is 27.7 Å². The summed E-state index contributed by atoms with van der Waals surface area (Å²) in [6.07, 6.45) is 4.77. The van der Waals surface area contributed by atoms with Gasteiger partial charge >= 0.3 is 5.97 Å². The number of methoxy groups -OCH3 is 1. The zero-order chi connectivity index (χ0) is 20.3. The number of carbonyl (C=O) groups excluding carboxylic acids is 2. The zero-order valence-corrected chi connectivity index (χ0v) is 18.0. The second-order valence-electron chi connectivity index (χ2n) is 9.33. The Morgan fingerprint density at radius 3 is 2.50 bits per heavy atom. The molecular formula is C21H29NO5S. The normalized spacial score (nSPS) is 32.0. The molecule has 3 aliphatic carbocycles. The largest absolute Gasteiger partial charge is 0.377 e. The topological polar surface area (TPSA) is 73.9 Å². The number of rotatable bonds is 3. The van der Waals surface area contributed by atoms with E-state index in [0.29, 0.717) is 11.5 Å². The number of carbonyl (C=O) groups is 2. The van der Waals surface area contributed by atoms with Gasteiger partial charge in [0.05, 0.1) is 28.3 Å². The van der Waals surface area contributed by atoms with Crippen LogP contribution in [0.4, 0.5) is 0 Å². The van der Waals surface area contributed by atoms with Crippen molar-refractivity contribution in [3.8, 4) is 0 Å². The quantitative estimate of drug-likeness (QED) is 0.766. The molecule has 1 N–H and O–H groups in total. The number of fused-ring (bicyclic) bond motifs is 4. The highest BCUT2D eigenvalue weighted by Gasteiger charge is 2.52. The maximum atomic E-state index is 12.8. The van der Waals surface area contributed by atoms with Crippen molar-refractivity contribution in [1.29, 1.82) is 0 Å². The predicted molar refractivity (Wildman–Crippen MR) is 105 cm³/mol. The van der Waals surface area contributed by atoms with Crippen LogP contribution in [0.1, 0.15) is 80.6 Å². The fourth-order valence-corrected chi connectivity index (χ4v) is 6.75. The Kier molecular flexibility index (Phi) is 4.64. The van der Waals surface area contributed by atoms with Gasteiger partial charge < -0.3 is 14.3 Å². The lowest BCUT2D eigenvalue weighted by Crippen LogP contribution is -2.55. The van der Waals surface area contributed by atoms with Crippen LogP contribution in [0.2, 0.25) is 0 Å². The molecule has 1 aliphatic heterocycles. The van der Waals surface area contributed by atoms with Crippen molar-refractivity contribution in [3.05, 3.63) is 21.4 Å². The number of hydrogen-bond acceptors (Lipinski definition) is 6. The van der Waals surface area contributed by atoms with Crippen molar-refractivity contribution in [2.75, 3.05) is 7.11 Å². The minimum atomic E-state index is -0.584. The maximum Gasteiger partial charge on any atom is 0.364 e. The molecule has 0 saturated heterocycles. The van der Waals surface area contributed by atoms with Crippen LogP contribution in [-0.4, -0.2) is 24.6 Å². The first-order valence-corrected chi connectivity index (χ1v) is 10.9. The predicted octanol–water partition coefficient (Wildman–Crippen LogP) is 4.03. The first kappa shape index (κ1) is 19.9. The Balaban J connectivity index is 1.47. The summed E-state index contributed by atoms with van der Waals surface area (Å²) < 4.78 is 11.9. The molecule has 1 aromatic rings. The van der Waals surface area contributed by atoms with Gasteiger partial charge in [-0.3, -0.25) is 4.79 Å². The highest BCUT2D eigenvalue weighted by molar-refractivity contribution is 7.10. The third-order valence-corrected chi connectivity index (χ3v) is 8.08. The summed E-state index contributed by atoms with van der Waals surface area (Å²) in [5, 5.41) is 1.80. The van der Waals surface area contributed by atoms with Gasteiger partial charge in [0.25, 0.3) is 5.91 Å². The van der Waals surface area contributed by atoms with Crippen molar-refractivity contribution >= 4 is 23.2 Å². The van der Waals surface area contributed by atoms with Gasteiger partial charge in [-0.2, -0.15) is 5.48 Å². The second kappa shape index (κ2) is 6.54. The minimum Gasteiger partial charge on any atom is -0.377 e. The molecule has 28 heavy (non-hydrogen) atoms. The van der Waals surface area contributed by atoms with Crippen molar-refractivity contribution < 1.29 is 23.9 Å². The Labute approximate surface area is 169 Å². The van der Waals surface area contributed by atoms with Gasteiger partial charge in [-0.1, -0.05) is 0 Å². The number of hydrogen-bond donors (Lipinski definition) is 1. The Morgan fingerprint density at radius 2 is 1.86 bits per heavy atom. The molecule has 3 fully saturated rings. The van der Waals surface area contributed by atoms with Crippen LogP contribution in [0, 0.1) is 11.8 Å². The molecule has 0 radical (unpaired) electrons. The molecule has 1 aromatic heterocycles. The Hall–Kier alpha value is -1.44. The average Bonchev–Trinajstić information content (AvgIpc) is 3.19. The molecule has 5 rings (SSSR count). The van der Waals surface area contributed by atoms with E-state index in [-0.39, 0.29) is 11.8 Å². The summed E-state index contributed by atoms with van der Waals surface area (Å²) in [4.78, 5) is 31.8. The van der Waals surface area contributed by atoms with Crippen LogP contribution in [0.5, 0.6) is 0 Å². The number of hydroxylamine groups is 1. The number of thiophene rings is 1.